The smallest absolute Gasteiger partial charge is 0.152 e. The van der Waals surface area contributed by atoms with Gasteiger partial charge in [-0.05, 0) is 10.8 Å². The van der Waals surface area contributed by atoms with Gasteiger partial charge in [-0.2, -0.15) is 0 Å². The summed E-state index contributed by atoms with van der Waals surface area (Å²) in [6, 6.07) is 0.986. The fraction of sp³-hybridized carbons (Fsp3) is 1.00. The maximum absolute atomic E-state index is 6.05. The third kappa shape index (κ3) is 2.13. The van der Waals surface area contributed by atoms with E-state index in [0.717, 1.165) is 19.9 Å². The zero-order valence-electron chi connectivity index (χ0n) is 13.1. The Morgan fingerprint density at radius 2 is 1.11 bits per heavy atom. The highest BCUT2D eigenvalue weighted by atomic mass is 16.6. The molecule has 2 unspecified atom stereocenters. The highest BCUT2D eigenvalue weighted by molar-refractivity contribution is 5.01. The number of hydrogen-bond donors (Lipinski definition) is 0. The summed E-state index contributed by atoms with van der Waals surface area (Å²) in [4.78, 5) is 5.01. The first-order valence-electron chi connectivity index (χ1n) is 7.44. The minimum Gasteiger partial charge on any atom is -0.357 e. The van der Waals surface area contributed by atoms with Crippen LogP contribution in [0.25, 0.3) is 0 Å². The quantitative estimate of drug-likeness (QED) is 0.672. The van der Waals surface area contributed by atoms with Crippen molar-refractivity contribution >= 4 is 0 Å². The topological polar surface area (TPSA) is 24.9 Å². The van der Waals surface area contributed by atoms with E-state index >= 15 is 0 Å². The van der Waals surface area contributed by atoms with Gasteiger partial charge in [-0.15, -0.1) is 0 Å². The molecule has 3 saturated heterocycles. The zero-order valence-corrected chi connectivity index (χ0v) is 13.1. The predicted molar refractivity (Wildman–Crippen MR) is 74.5 cm³/mol. The van der Waals surface area contributed by atoms with E-state index in [2.05, 4.69) is 51.3 Å². The Kier molecular flexibility index (Phi) is 3.03. The normalized spacial score (nSPS) is 40.7. The molecule has 0 bridgehead atoms. The second kappa shape index (κ2) is 4.17. The van der Waals surface area contributed by atoms with Crippen molar-refractivity contribution in [2.24, 2.45) is 10.8 Å². The molecule has 4 atom stereocenters. The third-order valence-electron chi connectivity index (χ3n) is 4.87. The van der Waals surface area contributed by atoms with Crippen LogP contribution in [0.3, 0.4) is 0 Å². The molecule has 3 aliphatic rings. The van der Waals surface area contributed by atoms with Crippen LogP contribution in [0, 0.1) is 10.8 Å². The van der Waals surface area contributed by atoms with Gasteiger partial charge in [-0.3, -0.25) is 9.80 Å². The first-order chi connectivity index (χ1) is 8.69. The molecular formula is C15H28N2O2. The molecule has 3 fully saturated rings. The Morgan fingerprint density at radius 3 is 1.42 bits per heavy atom. The van der Waals surface area contributed by atoms with Gasteiger partial charge in [0.25, 0.3) is 0 Å². The highest BCUT2D eigenvalue weighted by Gasteiger charge is 2.57. The van der Waals surface area contributed by atoms with Crippen molar-refractivity contribution in [2.45, 2.75) is 66.1 Å². The van der Waals surface area contributed by atoms with Crippen LogP contribution in [0.4, 0.5) is 0 Å². The maximum Gasteiger partial charge on any atom is 0.152 e. The van der Waals surface area contributed by atoms with Crippen molar-refractivity contribution in [3.05, 3.63) is 0 Å². The van der Waals surface area contributed by atoms with Gasteiger partial charge in [0.2, 0.25) is 0 Å². The van der Waals surface area contributed by atoms with E-state index in [-0.39, 0.29) is 23.3 Å². The van der Waals surface area contributed by atoms with Gasteiger partial charge in [-0.1, -0.05) is 41.5 Å². The molecule has 0 aromatic rings. The van der Waals surface area contributed by atoms with Crippen molar-refractivity contribution in [1.82, 2.24) is 9.80 Å². The van der Waals surface area contributed by atoms with Crippen LogP contribution in [0.5, 0.6) is 0 Å². The molecule has 0 amide bonds. The molecule has 3 aliphatic heterocycles. The van der Waals surface area contributed by atoms with E-state index in [1.807, 2.05) is 0 Å². The first-order valence-corrected chi connectivity index (χ1v) is 7.44. The Hall–Kier alpha value is -0.160. The van der Waals surface area contributed by atoms with Crippen LogP contribution in [0.15, 0.2) is 0 Å². The maximum atomic E-state index is 6.05. The molecule has 0 radical (unpaired) electrons. The van der Waals surface area contributed by atoms with Crippen molar-refractivity contribution in [3.8, 4) is 0 Å². The van der Waals surface area contributed by atoms with Gasteiger partial charge in [0.1, 0.15) is 0 Å². The average molecular weight is 268 g/mol. The molecule has 0 spiro atoms. The standard InChI is InChI=1S/C15H28N2O2/c1-14(2,3)10-7-18-12-13-17(9-16(10)12)11(8-19-13)15(4,5)6/h10-13H,7-9H2,1-6H3/t10-,11-,12?,13?/m1/s1. The summed E-state index contributed by atoms with van der Waals surface area (Å²) in [6.07, 6.45) is 0.271. The molecule has 0 saturated carbocycles. The van der Waals surface area contributed by atoms with Gasteiger partial charge < -0.3 is 9.47 Å². The van der Waals surface area contributed by atoms with Gasteiger partial charge in [0.05, 0.1) is 19.9 Å². The Labute approximate surface area is 117 Å². The summed E-state index contributed by atoms with van der Waals surface area (Å²) < 4.78 is 12.1. The average Bonchev–Trinajstić information content (AvgIpc) is 2.80. The molecule has 3 rings (SSSR count). The van der Waals surface area contributed by atoms with E-state index in [9.17, 15) is 0 Å². The van der Waals surface area contributed by atoms with Gasteiger partial charge >= 0.3 is 0 Å². The SMILES string of the molecule is CC(C)(C)[C@H]1COC2C3OC[C@H](C(C)(C)C)N3CN21. The highest BCUT2D eigenvalue weighted by Crippen LogP contribution is 2.43. The second-order valence-corrected chi connectivity index (χ2v) is 8.38. The van der Waals surface area contributed by atoms with Gasteiger partial charge in [-0.25, -0.2) is 0 Å². The second-order valence-electron chi connectivity index (χ2n) is 8.38. The summed E-state index contributed by atoms with van der Waals surface area (Å²) in [5.74, 6) is 0. The monoisotopic (exact) mass is 268 g/mol. The van der Waals surface area contributed by atoms with E-state index in [0.29, 0.717) is 12.1 Å². The van der Waals surface area contributed by atoms with Crippen molar-refractivity contribution in [3.63, 3.8) is 0 Å². The van der Waals surface area contributed by atoms with Crippen LogP contribution in [-0.4, -0.2) is 54.2 Å². The van der Waals surface area contributed by atoms with Crippen LogP contribution in [0.1, 0.15) is 41.5 Å². The number of rotatable bonds is 0. The van der Waals surface area contributed by atoms with Crippen LogP contribution in [-0.2, 0) is 9.47 Å². The third-order valence-corrected chi connectivity index (χ3v) is 4.87. The van der Waals surface area contributed by atoms with Crippen LogP contribution >= 0.6 is 0 Å². The predicted octanol–water partition coefficient (Wildman–Crippen LogP) is 2.10. The lowest BCUT2D eigenvalue weighted by atomic mass is 9.86. The molecule has 0 aromatic heterocycles. The molecule has 110 valence electrons. The zero-order chi connectivity index (χ0) is 14.0. The molecule has 4 nitrogen and oxygen atoms in total. The minimum atomic E-state index is 0.136. The largest absolute Gasteiger partial charge is 0.357 e. The van der Waals surface area contributed by atoms with Gasteiger partial charge in [0, 0.05) is 12.1 Å². The first kappa shape index (κ1) is 13.8. The summed E-state index contributed by atoms with van der Waals surface area (Å²) in [5, 5.41) is 0. The molecular weight excluding hydrogens is 240 g/mol. The molecule has 0 aromatic carbocycles. The number of fused-ring (bicyclic) bond motifs is 3. The van der Waals surface area contributed by atoms with E-state index in [4.69, 9.17) is 9.47 Å². The van der Waals surface area contributed by atoms with Crippen LogP contribution in [0.2, 0.25) is 0 Å². The van der Waals surface area contributed by atoms with Crippen molar-refractivity contribution < 1.29 is 9.47 Å². The minimum absolute atomic E-state index is 0.136. The summed E-state index contributed by atoms with van der Waals surface area (Å²) >= 11 is 0. The number of nitrogens with zero attached hydrogens (tertiary/aromatic N) is 2. The summed E-state index contributed by atoms with van der Waals surface area (Å²) in [7, 11) is 0. The lowest BCUT2D eigenvalue weighted by Gasteiger charge is -2.36. The Bertz CT molecular complexity index is 324. The van der Waals surface area contributed by atoms with E-state index in [1.54, 1.807) is 0 Å². The fourth-order valence-electron chi connectivity index (χ4n) is 3.65. The molecule has 4 heteroatoms. The molecule has 0 aliphatic carbocycles. The van der Waals surface area contributed by atoms with Crippen molar-refractivity contribution in [2.75, 3.05) is 19.9 Å². The lowest BCUT2D eigenvalue weighted by molar-refractivity contribution is -0.0618. The summed E-state index contributed by atoms with van der Waals surface area (Å²) in [6.45, 7) is 16.5. The number of ether oxygens (including phenoxy) is 2. The summed E-state index contributed by atoms with van der Waals surface area (Å²) in [5.41, 5.74) is 0.511. The molecule has 0 N–H and O–H groups in total. The number of hydrogen-bond acceptors (Lipinski definition) is 4. The fourth-order valence-corrected chi connectivity index (χ4v) is 3.65. The van der Waals surface area contributed by atoms with Gasteiger partial charge in [0.15, 0.2) is 12.5 Å². The Morgan fingerprint density at radius 1 is 0.737 bits per heavy atom. The van der Waals surface area contributed by atoms with Crippen molar-refractivity contribution in [1.29, 1.82) is 0 Å². The van der Waals surface area contributed by atoms with E-state index < -0.39 is 0 Å². The molecule has 19 heavy (non-hydrogen) atoms. The van der Waals surface area contributed by atoms with E-state index in [1.165, 1.54) is 0 Å². The Balaban J connectivity index is 1.79. The molecule has 3 heterocycles. The lowest BCUT2D eigenvalue weighted by Crippen LogP contribution is -2.46. The van der Waals surface area contributed by atoms with Crippen LogP contribution < -0.4 is 0 Å².